The van der Waals surface area contributed by atoms with Gasteiger partial charge in [-0.15, -0.1) is 0 Å². The van der Waals surface area contributed by atoms with Gasteiger partial charge in [0.2, 0.25) is 0 Å². The number of hydrogen-bond acceptors (Lipinski definition) is 12. The summed E-state index contributed by atoms with van der Waals surface area (Å²) < 4.78 is 21.6. The Hall–Kier alpha value is -0.970. The van der Waals surface area contributed by atoms with Crippen LogP contribution in [0.3, 0.4) is 0 Å². The Labute approximate surface area is 166 Å². The standard InChI is InChI=1S/C16H29NO12/c17-3-4-26-16-14(12(24)10(22)7(5-18)28-16)29-15-13(25)11(23)9(21)6(27-15)1-2-8(19)20/h6-7,9-16,18,21-25H,1-5,17H2,(H,19,20)/t6?,7?,9-,10-,11?,12?,13?,14?,15-,16+/m1/s1. The Morgan fingerprint density at radius 2 is 1.52 bits per heavy atom. The number of aliphatic carboxylic acids is 1. The lowest BCUT2D eigenvalue weighted by molar-refractivity contribution is -0.366. The minimum atomic E-state index is -1.75. The van der Waals surface area contributed by atoms with Crippen LogP contribution < -0.4 is 5.73 Å². The second-order valence-corrected chi connectivity index (χ2v) is 6.91. The molecule has 2 fully saturated rings. The molecule has 2 saturated heterocycles. The molecular formula is C16H29NO12. The fraction of sp³-hybridized carbons (Fsp3) is 0.938. The van der Waals surface area contributed by atoms with Crippen molar-refractivity contribution in [1.82, 2.24) is 0 Å². The SMILES string of the molecule is NCCO[C@H]1OC(CO)[C@@H](O)C(O)C1O[C@H]1OC(CCC(=O)O)[C@@H](O)C(O)C1O. The Bertz CT molecular complexity index is 524. The van der Waals surface area contributed by atoms with Crippen molar-refractivity contribution in [2.75, 3.05) is 19.8 Å². The van der Waals surface area contributed by atoms with Crippen LogP contribution in [0.15, 0.2) is 0 Å². The maximum atomic E-state index is 10.8. The van der Waals surface area contributed by atoms with E-state index in [1.165, 1.54) is 0 Å². The second kappa shape index (κ2) is 10.9. The highest BCUT2D eigenvalue weighted by Gasteiger charge is 2.50. The Morgan fingerprint density at radius 3 is 2.10 bits per heavy atom. The van der Waals surface area contributed by atoms with Crippen LogP contribution in [0.25, 0.3) is 0 Å². The first-order valence-electron chi connectivity index (χ1n) is 9.22. The molecule has 170 valence electrons. The van der Waals surface area contributed by atoms with E-state index in [-0.39, 0.29) is 26.0 Å². The third kappa shape index (κ3) is 5.80. The molecule has 0 radical (unpaired) electrons. The molecule has 9 N–H and O–H groups in total. The van der Waals surface area contributed by atoms with Gasteiger partial charge in [0.25, 0.3) is 0 Å². The van der Waals surface area contributed by atoms with Gasteiger partial charge < -0.3 is 60.4 Å². The van der Waals surface area contributed by atoms with Crippen LogP contribution >= 0.6 is 0 Å². The van der Waals surface area contributed by atoms with E-state index in [0.717, 1.165) is 0 Å². The van der Waals surface area contributed by atoms with Crippen molar-refractivity contribution in [1.29, 1.82) is 0 Å². The van der Waals surface area contributed by atoms with Crippen LogP contribution in [0.5, 0.6) is 0 Å². The van der Waals surface area contributed by atoms with E-state index in [9.17, 15) is 35.4 Å². The molecule has 2 aliphatic rings. The molecule has 2 rings (SSSR count). The van der Waals surface area contributed by atoms with Gasteiger partial charge >= 0.3 is 5.97 Å². The Balaban J connectivity index is 2.14. The summed E-state index contributed by atoms with van der Waals surface area (Å²) in [5, 5.41) is 68.8. The van der Waals surface area contributed by atoms with Crippen molar-refractivity contribution in [3.05, 3.63) is 0 Å². The van der Waals surface area contributed by atoms with Gasteiger partial charge in [-0.05, 0) is 6.42 Å². The summed E-state index contributed by atoms with van der Waals surface area (Å²) in [6, 6.07) is 0. The van der Waals surface area contributed by atoms with Crippen molar-refractivity contribution >= 4 is 5.97 Å². The molecule has 0 amide bonds. The minimum Gasteiger partial charge on any atom is -0.481 e. The number of rotatable bonds is 9. The summed E-state index contributed by atoms with van der Waals surface area (Å²) in [5.74, 6) is -1.15. The molecule has 0 saturated carbocycles. The number of ether oxygens (including phenoxy) is 4. The summed E-state index contributed by atoms with van der Waals surface area (Å²) >= 11 is 0. The lowest BCUT2D eigenvalue weighted by Crippen LogP contribution is -2.64. The summed E-state index contributed by atoms with van der Waals surface area (Å²) in [7, 11) is 0. The zero-order valence-corrected chi connectivity index (χ0v) is 15.6. The van der Waals surface area contributed by atoms with E-state index in [1.54, 1.807) is 0 Å². The van der Waals surface area contributed by atoms with Crippen LogP contribution in [0.1, 0.15) is 12.8 Å². The molecule has 6 unspecified atom stereocenters. The van der Waals surface area contributed by atoms with Crippen molar-refractivity contribution in [2.24, 2.45) is 5.73 Å². The Kier molecular flexibility index (Phi) is 9.12. The van der Waals surface area contributed by atoms with Gasteiger partial charge in [-0.25, -0.2) is 0 Å². The van der Waals surface area contributed by atoms with E-state index in [0.29, 0.717) is 0 Å². The van der Waals surface area contributed by atoms with Crippen LogP contribution in [-0.2, 0) is 23.7 Å². The van der Waals surface area contributed by atoms with Crippen molar-refractivity contribution < 1.29 is 59.5 Å². The monoisotopic (exact) mass is 427 g/mol. The second-order valence-electron chi connectivity index (χ2n) is 6.91. The maximum absolute atomic E-state index is 10.8. The maximum Gasteiger partial charge on any atom is 0.303 e. The molecule has 0 aromatic rings. The van der Waals surface area contributed by atoms with E-state index in [4.69, 9.17) is 29.8 Å². The molecule has 29 heavy (non-hydrogen) atoms. The number of carboxylic acids is 1. The first-order valence-corrected chi connectivity index (χ1v) is 9.22. The van der Waals surface area contributed by atoms with Crippen molar-refractivity contribution in [3.63, 3.8) is 0 Å². The van der Waals surface area contributed by atoms with Crippen LogP contribution in [-0.4, -0.2) is 123 Å². The highest BCUT2D eigenvalue weighted by Crippen LogP contribution is 2.30. The number of hydrogen-bond donors (Lipinski definition) is 8. The fourth-order valence-electron chi connectivity index (χ4n) is 3.21. The number of carbonyl (C=O) groups is 1. The summed E-state index contributed by atoms with van der Waals surface area (Å²) in [5.41, 5.74) is 5.38. The first kappa shape index (κ1) is 24.3. The van der Waals surface area contributed by atoms with Gasteiger partial charge in [0.05, 0.1) is 19.3 Å². The normalized spacial score (nSPS) is 43.3. The number of aliphatic hydroxyl groups excluding tert-OH is 6. The quantitative estimate of drug-likeness (QED) is 0.174. The molecular weight excluding hydrogens is 398 g/mol. The summed E-state index contributed by atoms with van der Waals surface area (Å²) in [4.78, 5) is 10.8. The third-order valence-electron chi connectivity index (χ3n) is 4.83. The predicted molar refractivity (Wildman–Crippen MR) is 91.2 cm³/mol. The number of carboxylic acid groups (broad SMARTS) is 1. The lowest BCUT2D eigenvalue weighted by atomic mass is 9.95. The largest absolute Gasteiger partial charge is 0.481 e. The minimum absolute atomic E-state index is 0.0118. The van der Waals surface area contributed by atoms with Gasteiger partial charge in [0, 0.05) is 13.0 Å². The molecule has 0 aliphatic carbocycles. The molecule has 2 heterocycles. The van der Waals surface area contributed by atoms with E-state index >= 15 is 0 Å². The highest BCUT2D eigenvalue weighted by molar-refractivity contribution is 5.66. The van der Waals surface area contributed by atoms with Crippen molar-refractivity contribution in [3.8, 4) is 0 Å². The lowest BCUT2D eigenvalue weighted by Gasteiger charge is -2.46. The molecule has 10 atom stereocenters. The molecule has 0 spiro atoms. The van der Waals surface area contributed by atoms with Crippen LogP contribution in [0.2, 0.25) is 0 Å². The average Bonchev–Trinajstić information content (AvgIpc) is 2.69. The van der Waals surface area contributed by atoms with E-state index in [2.05, 4.69) is 0 Å². The summed E-state index contributed by atoms with van der Waals surface area (Å²) in [6.07, 6.45) is -15.4. The number of nitrogens with two attached hydrogens (primary N) is 1. The molecule has 2 aliphatic heterocycles. The first-order chi connectivity index (χ1) is 13.7. The third-order valence-corrected chi connectivity index (χ3v) is 4.83. The molecule has 13 nitrogen and oxygen atoms in total. The predicted octanol–water partition coefficient (Wildman–Crippen LogP) is -4.54. The zero-order valence-electron chi connectivity index (χ0n) is 15.6. The van der Waals surface area contributed by atoms with Gasteiger partial charge in [-0.1, -0.05) is 0 Å². The molecule has 0 bridgehead atoms. The van der Waals surface area contributed by atoms with Gasteiger partial charge in [-0.3, -0.25) is 4.79 Å². The van der Waals surface area contributed by atoms with E-state index < -0.39 is 74.0 Å². The number of aliphatic hydroxyl groups is 6. The van der Waals surface area contributed by atoms with Crippen LogP contribution in [0.4, 0.5) is 0 Å². The average molecular weight is 427 g/mol. The summed E-state index contributed by atoms with van der Waals surface area (Å²) in [6.45, 7) is -0.528. The van der Waals surface area contributed by atoms with Crippen molar-refractivity contribution in [2.45, 2.75) is 74.3 Å². The smallest absolute Gasteiger partial charge is 0.303 e. The Morgan fingerprint density at radius 1 is 0.897 bits per heavy atom. The highest BCUT2D eigenvalue weighted by atomic mass is 16.8. The molecule has 0 aromatic carbocycles. The van der Waals surface area contributed by atoms with Crippen LogP contribution in [0, 0.1) is 0 Å². The topological polar surface area (TPSA) is 222 Å². The fourth-order valence-corrected chi connectivity index (χ4v) is 3.21. The van der Waals surface area contributed by atoms with E-state index in [1.807, 2.05) is 0 Å². The van der Waals surface area contributed by atoms with Gasteiger partial charge in [0.15, 0.2) is 12.6 Å². The molecule has 0 aromatic heterocycles. The van der Waals surface area contributed by atoms with Gasteiger partial charge in [0.1, 0.15) is 42.7 Å². The zero-order chi connectivity index (χ0) is 21.7. The van der Waals surface area contributed by atoms with Gasteiger partial charge in [-0.2, -0.15) is 0 Å². The molecule has 13 heteroatoms.